The van der Waals surface area contributed by atoms with Gasteiger partial charge in [0.15, 0.2) is 21.3 Å². The monoisotopic (exact) mass is 372 g/mol. The van der Waals surface area contributed by atoms with Gasteiger partial charge in [0, 0.05) is 6.42 Å². The molecule has 0 unspecified atom stereocenters. The van der Waals surface area contributed by atoms with Crippen molar-refractivity contribution in [1.82, 2.24) is 5.43 Å². The van der Waals surface area contributed by atoms with Crippen LogP contribution >= 0.6 is 11.6 Å². The molecular weight excluding hydrogens is 356 g/mol. The van der Waals surface area contributed by atoms with Gasteiger partial charge in [-0.1, -0.05) is 11.6 Å². The van der Waals surface area contributed by atoms with E-state index in [-0.39, 0.29) is 11.5 Å². The van der Waals surface area contributed by atoms with Crippen LogP contribution in [0.25, 0.3) is 0 Å². The van der Waals surface area contributed by atoms with Crippen LogP contribution in [0.4, 0.5) is 0 Å². The average molecular weight is 373 g/mol. The van der Waals surface area contributed by atoms with E-state index in [4.69, 9.17) is 21.1 Å². The van der Waals surface area contributed by atoms with Gasteiger partial charge >= 0.3 is 0 Å². The van der Waals surface area contributed by atoms with Gasteiger partial charge in [-0.3, -0.25) is 4.79 Å². The minimum Gasteiger partial charge on any atom is -0.489 e. The first-order valence-corrected chi connectivity index (χ1v) is 9.77. The van der Waals surface area contributed by atoms with Crippen LogP contribution in [0.15, 0.2) is 17.2 Å². The van der Waals surface area contributed by atoms with Crippen molar-refractivity contribution in [3.8, 4) is 11.5 Å². The molecule has 24 heavy (non-hydrogen) atoms. The number of sulfone groups is 1. The van der Waals surface area contributed by atoms with Crippen LogP contribution in [-0.4, -0.2) is 45.3 Å². The van der Waals surface area contributed by atoms with Crippen molar-refractivity contribution in [2.45, 2.75) is 12.8 Å². The van der Waals surface area contributed by atoms with Crippen LogP contribution in [0.1, 0.15) is 18.4 Å². The molecule has 1 amide bonds. The summed E-state index contributed by atoms with van der Waals surface area (Å²) in [5.74, 6) is 0.0324. The number of rotatable bonds is 3. The molecule has 3 rings (SSSR count). The second-order valence-electron chi connectivity index (χ2n) is 5.71. The Labute approximate surface area is 144 Å². The Morgan fingerprint density at radius 3 is 2.88 bits per heavy atom. The van der Waals surface area contributed by atoms with Crippen molar-refractivity contribution in [2.24, 2.45) is 11.0 Å². The zero-order chi connectivity index (χ0) is 17.2. The lowest BCUT2D eigenvalue weighted by atomic mass is 10.1. The number of halogens is 1. The summed E-state index contributed by atoms with van der Waals surface area (Å²) >= 11 is 6.18. The molecule has 0 bridgehead atoms. The second kappa shape index (κ2) is 6.98. The fourth-order valence-electron chi connectivity index (χ4n) is 2.59. The molecule has 130 valence electrons. The Balaban J connectivity index is 1.65. The molecule has 9 heteroatoms. The lowest BCUT2D eigenvalue weighted by Crippen LogP contribution is -2.27. The molecule has 1 aromatic rings. The van der Waals surface area contributed by atoms with Gasteiger partial charge in [0.2, 0.25) is 5.91 Å². The number of amides is 1. The third-order valence-corrected chi connectivity index (χ3v) is 5.86. The molecule has 0 radical (unpaired) electrons. The molecule has 2 aliphatic rings. The smallest absolute Gasteiger partial charge is 0.244 e. The first-order chi connectivity index (χ1) is 11.4. The van der Waals surface area contributed by atoms with Gasteiger partial charge in [-0.15, -0.1) is 0 Å². The summed E-state index contributed by atoms with van der Waals surface area (Å²) < 4.78 is 33.9. The van der Waals surface area contributed by atoms with Crippen molar-refractivity contribution in [1.29, 1.82) is 0 Å². The minimum atomic E-state index is -3.10. The Hall–Kier alpha value is -1.80. The Kier molecular flexibility index (Phi) is 4.96. The van der Waals surface area contributed by atoms with Crippen LogP contribution in [0.3, 0.4) is 0 Å². The van der Waals surface area contributed by atoms with E-state index in [0.717, 1.165) is 6.42 Å². The van der Waals surface area contributed by atoms with Gasteiger partial charge in [-0.25, -0.2) is 13.8 Å². The predicted octanol–water partition coefficient (Wildman–Crippen LogP) is 1.39. The van der Waals surface area contributed by atoms with Gasteiger partial charge in [0.25, 0.3) is 0 Å². The third kappa shape index (κ3) is 3.99. The first kappa shape index (κ1) is 17.0. The molecule has 2 aliphatic heterocycles. The SMILES string of the molecule is O=C(N/N=C\c1cc(Cl)c2c(c1)OCCCO2)[C@@H]1CCS(=O)(=O)C1. The maximum absolute atomic E-state index is 11.9. The lowest BCUT2D eigenvalue weighted by Gasteiger charge is -2.10. The number of hydrazone groups is 1. The maximum atomic E-state index is 11.9. The third-order valence-electron chi connectivity index (χ3n) is 3.82. The molecular formula is C15H17ClN2O5S. The number of carbonyl (C=O) groups excluding carboxylic acids is 1. The van der Waals surface area contributed by atoms with E-state index in [0.29, 0.717) is 41.7 Å². The molecule has 7 nitrogen and oxygen atoms in total. The molecule has 1 N–H and O–H groups in total. The average Bonchev–Trinajstić information content (AvgIpc) is 2.74. The molecule has 1 fully saturated rings. The van der Waals surface area contributed by atoms with Crippen molar-refractivity contribution in [3.05, 3.63) is 22.7 Å². The zero-order valence-corrected chi connectivity index (χ0v) is 14.4. The van der Waals surface area contributed by atoms with Crippen molar-refractivity contribution in [2.75, 3.05) is 24.7 Å². The highest BCUT2D eigenvalue weighted by Gasteiger charge is 2.32. The summed E-state index contributed by atoms with van der Waals surface area (Å²) in [5, 5.41) is 4.28. The largest absolute Gasteiger partial charge is 0.489 e. The summed E-state index contributed by atoms with van der Waals surface area (Å²) in [5.41, 5.74) is 3.02. The summed E-state index contributed by atoms with van der Waals surface area (Å²) in [6.45, 7) is 1.08. The van der Waals surface area contributed by atoms with Crippen LogP contribution in [0.5, 0.6) is 11.5 Å². The number of ether oxygens (including phenoxy) is 2. The minimum absolute atomic E-state index is 0.0482. The maximum Gasteiger partial charge on any atom is 0.244 e. The fraction of sp³-hybridized carbons (Fsp3) is 0.467. The molecule has 1 saturated heterocycles. The molecule has 0 saturated carbocycles. The lowest BCUT2D eigenvalue weighted by molar-refractivity contribution is -0.124. The number of nitrogens with zero attached hydrogens (tertiary/aromatic N) is 1. The number of hydrogen-bond acceptors (Lipinski definition) is 6. The highest BCUT2D eigenvalue weighted by Crippen LogP contribution is 2.37. The number of nitrogens with one attached hydrogen (secondary N) is 1. The van der Waals surface area contributed by atoms with Gasteiger partial charge in [0.05, 0.1) is 41.9 Å². The molecule has 0 spiro atoms. The summed E-state index contributed by atoms with van der Waals surface area (Å²) in [6, 6.07) is 3.38. The van der Waals surface area contributed by atoms with Crippen molar-refractivity contribution in [3.63, 3.8) is 0 Å². The Morgan fingerprint density at radius 2 is 2.12 bits per heavy atom. The highest BCUT2D eigenvalue weighted by atomic mass is 35.5. The van der Waals surface area contributed by atoms with Gasteiger partial charge in [0.1, 0.15) is 0 Å². The van der Waals surface area contributed by atoms with Gasteiger partial charge in [-0.05, 0) is 24.1 Å². The number of carbonyl (C=O) groups is 1. The van der Waals surface area contributed by atoms with E-state index in [1.807, 2.05) is 0 Å². The van der Waals surface area contributed by atoms with Crippen molar-refractivity contribution < 1.29 is 22.7 Å². The fourth-order valence-corrected chi connectivity index (χ4v) is 4.60. The normalized spacial score (nSPS) is 22.3. The van der Waals surface area contributed by atoms with Crippen LogP contribution in [0, 0.1) is 5.92 Å². The van der Waals surface area contributed by atoms with Crippen LogP contribution in [-0.2, 0) is 14.6 Å². The van der Waals surface area contributed by atoms with Crippen LogP contribution < -0.4 is 14.9 Å². The highest BCUT2D eigenvalue weighted by molar-refractivity contribution is 7.91. The van der Waals surface area contributed by atoms with E-state index in [1.165, 1.54) is 6.21 Å². The molecule has 1 atom stereocenters. The van der Waals surface area contributed by atoms with Crippen molar-refractivity contribution >= 4 is 33.6 Å². The van der Waals surface area contributed by atoms with E-state index in [2.05, 4.69) is 10.5 Å². The summed E-state index contributed by atoms with van der Waals surface area (Å²) in [4.78, 5) is 11.9. The topological polar surface area (TPSA) is 94.1 Å². The van der Waals surface area contributed by atoms with Gasteiger partial charge < -0.3 is 9.47 Å². The Bertz CT molecular complexity index is 778. The predicted molar refractivity (Wildman–Crippen MR) is 89.6 cm³/mol. The Morgan fingerprint density at radius 1 is 1.33 bits per heavy atom. The molecule has 1 aromatic carbocycles. The second-order valence-corrected chi connectivity index (χ2v) is 8.35. The number of benzene rings is 1. The quantitative estimate of drug-likeness (QED) is 0.639. The molecule has 2 heterocycles. The first-order valence-electron chi connectivity index (χ1n) is 7.57. The molecule has 0 aliphatic carbocycles. The summed E-state index contributed by atoms with van der Waals surface area (Å²) in [7, 11) is -3.10. The van der Waals surface area contributed by atoms with Crippen LogP contribution in [0.2, 0.25) is 5.02 Å². The van der Waals surface area contributed by atoms with E-state index < -0.39 is 21.7 Å². The zero-order valence-electron chi connectivity index (χ0n) is 12.8. The van der Waals surface area contributed by atoms with E-state index in [9.17, 15) is 13.2 Å². The number of hydrogen-bond donors (Lipinski definition) is 1. The van der Waals surface area contributed by atoms with E-state index >= 15 is 0 Å². The van der Waals surface area contributed by atoms with E-state index in [1.54, 1.807) is 12.1 Å². The molecule has 0 aromatic heterocycles. The summed E-state index contributed by atoms with van der Waals surface area (Å²) in [6.07, 6.45) is 2.54. The van der Waals surface area contributed by atoms with Gasteiger partial charge in [-0.2, -0.15) is 5.10 Å². The standard InChI is InChI=1S/C15H17ClN2O5S/c16-12-6-10(7-13-14(12)23-4-1-3-22-13)8-17-18-15(19)11-2-5-24(20,21)9-11/h6-8,11H,1-5,9H2,(H,18,19)/b17-8-/t11-/m1/s1. The number of fused-ring (bicyclic) bond motifs is 1.